The van der Waals surface area contributed by atoms with E-state index in [1.807, 2.05) is 4.90 Å². The molecule has 1 aromatic carbocycles. The second-order valence-corrected chi connectivity index (χ2v) is 7.03. The number of likely N-dealkylation sites (tertiary alicyclic amines) is 1. The number of carbonyl (C=O) groups excluding carboxylic acids is 2. The lowest BCUT2D eigenvalue weighted by Gasteiger charge is -2.47. The molecule has 6 heteroatoms. The summed E-state index contributed by atoms with van der Waals surface area (Å²) in [4.78, 5) is 27.9. The Morgan fingerprint density at radius 3 is 2.67 bits per heavy atom. The first-order valence-electron chi connectivity index (χ1n) is 8.55. The number of benzene rings is 1. The summed E-state index contributed by atoms with van der Waals surface area (Å²) in [5, 5.41) is 0. The van der Waals surface area contributed by atoms with E-state index in [1.54, 1.807) is 17.0 Å². The summed E-state index contributed by atoms with van der Waals surface area (Å²) < 4.78 is 19.4. The van der Waals surface area contributed by atoms with Crippen LogP contribution < -0.4 is 4.90 Å². The monoisotopic (exact) mass is 332 g/mol. The average molecular weight is 332 g/mol. The topological polar surface area (TPSA) is 49.9 Å². The van der Waals surface area contributed by atoms with Crippen LogP contribution >= 0.6 is 0 Å². The minimum atomic E-state index is -0.430. The van der Waals surface area contributed by atoms with E-state index in [2.05, 4.69) is 0 Å². The Kier molecular flexibility index (Phi) is 3.79. The lowest BCUT2D eigenvalue weighted by Crippen LogP contribution is -2.59. The number of amides is 2. The van der Waals surface area contributed by atoms with Crippen molar-refractivity contribution in [2.24, 2.45) is 5.92 Å². The lowest BCUT2D eigenvalue weighted by atomic mass is 9.88. The molecule has 24 heavy (non-hydrogen) atoms. The number of rotatable bonds is 2. The van der Waals surface area contributed by atoms with Gasteiger partial charge in [-0.1, -0.05) is 6.07 Å². The van der Waals surface area contributed by atoms with Crippen LogP contribution in [0.4, 0.5) is 10.1 Å². The Bertz CT molecular complexity index is 666. The molecule has 0 aromatic heterocycles. The van der Waals surface area contributed by atoms with Gasteiger partial charge in [-0.25, -0.2) is 4.39 Å². The van der Waals surface area contributed by atoms with E-state index in [-0.39, 0.29) is 30.2 Å². The van der Waals surface area contributed by atoms with E-state index in [4.69, 9.17) is 4.74 Å². The summed E-state index contributed by atoms with van der Waals surface area (Å²) in [6, 6.07) is 6.09. The first kappa shape index (κ1) is 15.6. The van der Waals surface area contributed by atoms with Crippen LogP contribution in [0.3, 0.4) is 0 Å². The third-order valence-electron chi connectivity index (χ3n) is 5.28. The molecule has 128 valence electrons. The maximum absolute atomic E-state index is 13.5. The van der Waals surface area contributed by atoms with Crippen molar-refractivity contribution in [3.8, 4) is 0 Å². The predicted octanol–water partition coefficient (Wildman–Crippen LogP) is 1.96. The van der Waals surface area contributed by atoms with Crippen LogP contribution in [0.2, 0.25) is 0 Å². The van der Waals surface area contributed by atoms with Crippen molar-refractivity contribution in [3.63, 3.8) is 0 Å². The second kappa shape index (κ2) is 5.84. The van der Waals surface area contributed by atoms with Gasteiger partial charge < -0.3 is 14.5 Å². The molecular weight excluding hydrogens is 311 g/mol. The lowest BCUT2D eigenvalue weighted by molar-refractivity contribution is -0.151. The molecule has 2 amide bonds. The van der Waals surface area contributed by atoms with Crippen LogP contribution in [-0.4, -0.2) is 48.6 Å². The molecule has 0 atom stereocenters. The zero-order chi connectivity index (χ0) is 16.7. The van der Waals surface area contributed by atoms with Gasteiger partial charge in [0, 0.05) is 24.7 Å². The van der Waals surface area contributed by atoms with Gasteiger partial charge in [-0.05, 0) is 43.9 Å². The Hall–Kier alpha value is -1.95. The molecular formula is C18H21FN2O3. The number of carbonyl (C=O) groups is 2. The minimum Gasteiger partial charge on any atom is -0.363 e. The number of ether oxygens (including phenoxy) is 1. The van der Waals surface area contributed by atoms with Gasteiger partial charge in [-0.15, -0.1) is 0 Å². The van der Waals surface area contributed by atoms with Crippen LogP contribution in [0.25, 0.3) is 0 Å². The number of piperidine rings is 1. The van der Waals surface area contributed by atoms with Gasteiger partial charge in [-0.3, -0.25) is 9.59 Å². The van der Waals surface area contributed by atoms with Crippen LogP contribution in [0.5, 0.6) is 0 Å². The number of nitrogens with zero attached hydrogens (tertiary/aromatic N) is 2. The molecule has 0 bridgehead atoms. The van der Waals surface area contributed by atoms with Crippen molar-refractivity contribution in [1.82, 2.24) is 4.90 Å². The first-order valence-corrected chi connectivity index (χ1v) is 8.55. The number of anilines is 1. The van der Waals surface area contributed by atoms with Gasteiger partial charge in [-0.2, -0.15) is 0 Å². The highest BCUT2D eigenvalue weighted by atomic mass is 19.1. The van der Waals surface area contributed by atoms with Gasteiger partial charge >= 0.3 is 0 Å². The quantitative estimate of drug-likeness (QED) is 0.832. The fourth-order valence-electron chi connectivity index (χ4n) is 3.62. The normalized spacial score (nSPS) is 23.6. The zero-order valence-electron chi connectivity index (χ0n) is 13.5. The Labute approximate surface area is 140 Å². The smallest absolute Gasteiger partial charge is 0.253 e. The fraction of sp³-hybridized carbons (Fsp3) is 0.556. The minimum absolute atomic E-state index is 0.00703. The fourth-order valence-corrected chi connectivity index (χ4v) is 3.62. The average Bonchev–Trinajstić information content (AvgIpc) is 3.42. The summed E-state index contributed by atoms with van der Waals surface area (Å²) in [6.45, 7) is 1.76. The van der Waals surface area contributed by atoms with Crippen molar-refractivity contribution in [1.29, 1.82) is 0 Å². The predicted molar refractivity (Wildman–Crippen MR) is 86.0 cm³/mol. The van der Waals surface area contributed by atoms with Crippen LogP contribution in [0, 0.1) is 11.7 Å². The molecule has 0 radical (unpaired) electrons. The molecule has 1 aliphatic carbocycles. The summed E-state index contributed by atoms with van der Waals surface area (Å²) in [6.07, 6.45) is 3.45. The molecule has 4 rings (SSSR count). The highest BCUT2D eigenvalue weighted by Gasteiger charge is 2.44. The number of halogens is 1. The molecule has 3 aliphatic rings. The first-order chi connectivity index (χ1) is 11.6. The van der Waals surface area contributed by atoms with Crippen LogP contribution in [0.15, 0.2) is 24.3 Å². The number of hydrogen-bond donors (Lipinski definition) is 0. The molecule has 0 N–H and O–H groups in total. The summed E-state index contributed by atoms with van der Waals surface area (Å²) in [5.74, 6) is -0.0104. The highest BCUT2D eigenvalue weighted by Crippen LogP contribution is 2.36. The molecule has 2 aliphatic heterocycles. The van der Waals surface area contributed by atoms with Crippen molar-refractivity contribution >= 4 is 17.5 Å². The van der Waals surface area contributed by atoms with E-state index >= 15 is 0 Å². The van der Waals surface area contributed by atoms with Crippen molar-refractivity contribution < 1.29 is 18.7 Å². The van der Waals surface area contributed by atoms with Crippen molar-refractivity contribution in [3.05, 3.63) is 30.1 Å². The standard InChI is InChI=1S/C18H21FN2O3/c19-14-2-1-3-15(10-14)21-12-18(24-11-16(21)22)6-8-20(9-7-18)17(23)13-4-5-13/h1-3,10,13H,4-9,11-12H2. The Morgan fingerprint density at radius 1 is 1.25 bits per heavy atom. The highest BCUT2D eigenvalue weighted by molar-refractivity contribution is 5.95. The Balaban J connectivity index is 1.46. The maximum Gasteiger partial charge on any atom is 0.253 e. The largest absolute Gasteiger partial charge is 0.363 e. The van der Waals surface area contributed by atoms with E-state index in [9.17, 15) is 14.0 Å². The van der Waals surface area contributed by atoms with Gasteiger partial charge in [0.1, 0.15) is 12.4 Å². The third kappa shape index (κ3) is 2.90. The molecule has 1 saturated carbocycles. The molecule has 0 unspecified atom stereocenters. The van der Waals surface area contributed by atoms with E-state index in [1.165, 1.54) is 12.1 Å². The van der Waals surface area contributed by atoms with Gasteiger partial charge in [0.05, 0.1) is 12.1 Å². The summed E-state index contributed by atoms with van der Waals surface area (Å²) >= 11 is 0. The van der Waals surface area contributed by atoms with Gasteiger partial charge in [0.25, 0.3) is 5.91 Å². The van der Waals surface area contributed by atoms with Crippen molar-refractivity contribution in [2.45, 2.75) is 31.3 Å². The summed E-state index contributed by atoms with van der Waals surface area (Å²) in [7, 11) is 0. The second-order valence-electron chi connectivity index (χ2n) is 7.03. The molecule has 5 nitrogen and oxygen atoms in total. The molecule has 2 saturated heterocycles. The maximum atomic E-state index is 13.5. The summed E-state index contributed by atoms with van der Waals surface area (Å²) in [5.41, 5.74) is 0.139. The number of morpholine rings is 1. The van der Waals surface area contributed by atoms with Crippen molar-refractivity contribution in [2.75, 3.05) is 31.1 Å². The molecule has 1 aromatic rings. The SMILES string of the molecule is O=C(C1CC1)N1CCC2(CC1)CN(c1cccc(F)c1)C(=O)CO2. The van der Waals surface area contributed by atoms with Crippen LogP contribution in [-0.2, 0) is 14.3 Å². The van der Waals surface area contributed by atoms with E-state index < -0.39 is 5.60 Å². The third-order valence-corrected chi connectivity index (χ3v) is 5.28. The molecule has 2 heterocycles. The van der Waals surface area contributed by atoms with E-state index in [0.29, 0.717) is 38.2 Å². The molecule has 3 fully saturated rings. The number of hydrogen-bond acceptors (Lipinski definition) is 3. The molecule has 1 spiro atoms. The zero-order valence-corrected chi connectivity index (χ0v) is 13.5. The van der Waals surface area contributed by atoms with E-state index in [0.717, 1.165) is 12.8 Å². The Morgan fingerprint density at radius 2 is 2.00 bits per heavy atom. The van der Waals surface area contributed by atoms with Crippen LogP contribution in [0.1, 0.15) is 25.7 Å². The van der Waals surface area contributed by atoms with Gasteiger partial charge in [0.2, 0.25) is 5.91 Å². The van der Waals surface area contributed by atoms with Gasteiger partial charge in [0.15, 0.2) is 0 Å².